The van der Waals surface area contributed by atoms with Gasteiger partial charge in [0.15, 0.2) is 18.7 Å². The van der Waals surface area contributed by atoms with Crippen molar-refractivity contribution in [3.63, 3.8) is 0 Å². The number of carbonyl (C=O) groups is 2. The summed E-state index contributed by atoms with van der Waals surface area (Å²) in [7, 11) is 0. The topological polar surface area (TPSA) is 231 Å². The number of ether oxygens (including phenoxy) is 6. The van der Waals surface area contributed by atoms with Crippen LogP contribution in [0.4, 0.5) is 0 Å². The highest BCUT2D eigenvalue weighted by Crippen LogP contribution is 2.26. The molecule has 0 radical (unpaired) electrons. The molecule has 7 N–H and O–H groups in total. The van der Waals surface area contributed by atoms with Gasteiger partial charge in [-0.25, -0.2) is 0 Å². The molecule has 0 saturated carbocycles. The van der Waals surface area contributed by atoms with E-state index in [2.05, 4.69) is 38.2 Å². The number of aliphatic hydroxyl groups is 7. The predicted molar refractivity (Wildman–Crippen MR) is 220 cm³/mol. The van der Waals surface area contributed by atoms with Crippen LogP contribution in [-0.4, -0.2) is 142 Å². The predicted octanol–water partition coefficient (Wildman–Crippen LogP) is 4.43. The van der Waals surface area contributed by atoms with Crippen molar-refractivity contribution < 1.29 is 73.8 Å². The van der Waals surface area contributed by atoms with Crippen LogP contribution in [0, 0.1) is 0 Å². The van der Waals surface area contributed by atoms with Crippen LogP contribution in [0.25, 0.3) is 0 Å². The van der Waals surface area contributed by atoms with Gasteiger partial charge in [0.2, 0.25) is 0 Å². The molecular weight excluding hydrogens is 768 g/mol. The van der Waals surface area contributed by atoms with Gasteiger partial charge in [0.1, 0.15) is 55.4 Å². The monoisotopic (exact) mass is 847 g/mol. The van der Waals surface area contributed by atoms with Crippen molar-refractivity contribution in [3.8, 4) is 0 Å². The van der Waals surface area contributed by atoms with E-state index in [1.807, 2.05) is 0 Å². The molecule has 0 aliphatic carbocycles. The third kappa shape index (κ3) is 22.1. The Bertz CT molecular complexity index is 1140. The van der Waals surface area contributed by atoms with Crippen LogP contribution < -0.4 is 0 Å². The lowest BCUT2D eigenvalue weighted by Gasteiger charge is -2.42. The highest BCUT2D eigenvalue weighted by Gasteiger charge is 2.47. The van der Waals surface area contributed by atoms with Crippen molar-refractivity contribution in [2.45, 2.75) is 216 Å². The SMILES string of the molecule is CCCC/C=C/C/C=C/CCCCCCCC(=O)O[C@H](COC(=O)CCCCCCCCCCC)CO[C@@H]1O[C@H](CO[C@@H]2O[C@H](CO)[C@H](O)C(O)C2O)[C@H](O)C(O)C1O. The molecule has 0 bridgehead atoms. The summed E-state index contributed by atoms with van der Waals surface area (Å²) in [6.45, 7) is 2.48. The first-order chi connectivity index (χ1) is 28.5. The fourth-order valence-electron chi connectivity index (χ4n) is 6.88. The molecule has 15 nitrogen and oxygen atoms in total. The molecule has 2 rings (SSSR count). The summed E-state index contributed by atoms with van der Waals surface area (Å²) in [6.07, 6.45) is 12.3. The molecule has 11 atom stereocenters. The minimum absolute atomic E-state index is 0.151. The first-order valence-electron chi connectivity index (χ1n) is 22.4. The van der Waals surface area contributed by atoms with Crippen LogP contribution in [0.5, 0.6) is 0 Å². The van der Waals surface area contributed by atoms with Crippen LogP contribution in [0.3, 0.4) is 0 Å². The van der Waals surface area contributed by atoms with Crippen molar-refractivity contribution in [2.24, 2.45) is 0 Å². The van der Waals surface area contributed by atoms with Crippen LogP contribution in [-0.2, 0) is 38.0 Å². The lowest BCUT2D eigenvalue weighted by Crippen LogP contribution is -2.61. The third-order valence-corrected chi connectivity index (χ3v) is 10.7. The smallest absolute Gasteiger partial charge is 0.306 e. The van der Waals surface area contributed by atoms with Crippen molar-refractivity contribution >= 4 is 11.9 Å². The molecule has 2 fully saturated rings. The first kappa shape index (κ1) is 53.1. The molecule has 4 unspecified atom stereocenters. The van der Waals surface area contributed by atoms with E-state index in [1.165, 1.54) is 44.9 Å². The largest absolute Gasteiger partial charge is 0.462 e. The maximum atomic E-state index is 12.9. The second-order valence-electron chi connectivity index (χ2n) is 15.9. The van der Waals surface area contributed by atoms with Crippen LogP contribution in [0.15, 0.2) is 24.3 Å². The Morgan fingerprint density at radius 2 is 1.03 bits per heavy atom. The number of esters is 2. The number of carbonyl (C=O) groups excluding carboxylic acids is 2. The Morgan fingerprint density at radius 1 is 0.542 bits per heavy atom. The second-order valence-corrected chi connectivity index (χ2v) is 15.9. The molecule has 0 amide bonds. The maximum absolute atomic E-state index is 12.9. The summed E-state index contributed by atoms with van der Waals surface area (Å²) in [5, 5.41) is 71.7. The molecular formula is C44H78O15. The highest BCUT2D eigenvalue weighted by atomic mass is 16.7. The molecule has 0 spiro atoms. The average molecular weight is 847 g/mol. The summed E-state index contributed by atoms with van der Waals surface area (Å²) in [6, 6.07) is 0. The lowest BCUT2D eigenvalue weighted by molar-refractivity contribution is -0.332. The summed E-state index contributed by atoms with van der Waals surface area (Å²) in [5.41, 5.74) is 0. The summed E-state index contributed by atoms with van der Waals surface area (Å²) < 4.78 is 33.4. The minimum atomic E-state index is -1.76. The normalized spacial score (nSPS) is 28.0. The fraction of sp³-hybridized carbons (Fsp3) is 0.864. The Balaban J connectivity index is 1.87. The molecule has 2 heterocycles. The Kier molecular flexibility index (Phi) is 29.4. The van der Waals surface area contributed by atoms with Crippen LogP contribution in [0.2, 0.25) is 0 Å². The quantitative estimate of drug-likeness (QED) is 0.0275. The number of unbranched alkanes of at least 4 members (excludes halogenated alkanes) is 15. The molecule has 15 heteroatoms. The van der Waals surface area contributed by atoms with Gasteiger partial charge < -0.3 is 64.2 Å². The number of rotatable bonds is 33. The standard InChI is InChI=1S/C44H78O15/c1-3-5-7-9-11-13-14-15-16-17-19-21-23-25-27-36(47)57-32(29-54-35(46)26-24-22-20-18-12-10-8-6-4-2)30-55-43-42(53)40(51)38(49)34(59-43)31-56-44-41(52)39(50)37(48)33(28-45)58-44/h9,11,14-15,32-34,37-45,48-53H,3-8,10,12-13,16-31H2,1-2H3/b11-9+,15-14+/t32-,33-,34-,37+,38+,39?,40?,41?,42?,43-,44-/m1/s1. The lowest BCUT2D eigenvalue weighted by atomic mass is 9.98. The molecule has 2 saturated heterocycles. The minimum Gasteiger partial charge on any atom is -0.462 e. The van der Waals surface area contributed by atoms with Gasteiger partial charge in [-0.3, -0.25) is 9.59 Å². The van der Waals surface area contributed by atoms with Crippen molar-refractivity contribution in [1.82, 2.24) is 0 Å². The summed E-state index contributed by atoms with van der Waals surface area (Å²) in [4.78, 5) is 25.5. The highest BCUT2D eigenvalue weighted by molar-refractivity contribution is 5.70. The first-order valence-corrected chi connectivity index (χ1v) is 22.4. The Morgan fingerprint density at radius 3 is 1.63 bits per heavy atom. The van der Waals surface area contributed by atoms with Gasteiger partial charge in [0.05, 0.1) is 19.8 Å². The zero-order valence-corrected chi connectivity index (χ0v) is 35.7. The molecule has 2 aliphatic heterocycles. The van der Waals surface area contributed by atoms with Crippen molar-refractivity contribution in [2.75, 3.05) is 26.4 Å². The zero-order valence-electron chi connectivity index (χ0n) is 35.7. The van der Waals surface area contributed by atoms with Crippen LogP contribution in [0.1, 0.15) is 149 Å². The number of allylic oxidation sites excluding steroid dienone is 4. The van der Waals surface area contributed by atoms with E-state index in [4.69, 9.17) is 28.4 Å². The van der Waals surface area contributed by atoms with Gasteiger partial charge in [0.25, 0.3) is 0 Å². The van der Waals surface area contributed by atoms with E-state index in [0.717, 1.165) is 64.2 Å². The van der Waals surface area contributed by atoms with Gasteiger partial charge in [-0.1, -0.05) is 122 Å². The second kappa shape index (κ2) is 32.7. The molecule has 0 aromatic heterocycles. The van der Waals surface area contributed by atoms with Crippen molar-refractivity contribution in [1.29, 1.82) is 0 Å². The molecule has 0 aromatic carbocycles. The molecule has 2 aliphatic rings. The number of hydrogen-bond donors (Lipinski definition) is 7. The van der Waals surface area contributed by atoms with Gasteiger partial charge >= 0.3 is 11.9 Å². The number of aliphatic hydroxyl groups excluding tert-OH is 7. The average Bonchev–Trinajstić information content (AvgIpc) is 3.23. The van der Waals surface area contributed by atoms with Gasteiger partial charge in [-0.2, -0.15) is 0 Å². The Hall–Kier alpha value is -2.02. The van der Waals surface area contributed by atoms with Crippen LogP contribution >= 0.6 is 0 Å². The molecule has 59 heavy (non-hydrogen) atoms. The van der Waals surface area contributed by atoms with Gasteiger partial charge in [0, 0.05) is 12.8 Å². The summed E-state index contributed by atoms with van der Waals surface area (Å²) in [5.74, 6) is -0.944. The van der Waals surface area contributed by atoms with E-state index in [-0.39, 0.29) is 26.1 Å². The zero-order chi connectivity index (χ0) is 43.3. The van der Waals surface area contributed by atoms with E-state index in [1.54, 1.807) is 0 Å². The fourth-order valence-corrected chi connectivity index (χ4v) is 6.88. The Labute approximate surface area is 352 Å². The number of hydrogen-bond acceptors (Lipinski definition) is 15. The van der Waals surface area contributed by atoms with E-state index in [9.17, 15) is 45.3 Å². The summed E-state index contributed by atoms with van der Waals surface area (Å²) >= 11 is 0. The maximum Gasteiger partial charge on any atom is 0.306 e. The molecule has 344 valence electrons. The third-order valence-electron chi connectivity index (χ3n) is 10.7. The van der Waals surface area contributed by atoms with Gasteiger partial charge in [-0.05, 0) is 38.5 Å². The van der Waals surface area contributed by atoms with E-state index >= 15 is 0 Å². The van der Waals surface area contributed by atoms with Gasteiger partial charge in [-0.15, -0.1) is 0 Å². The van der Waals surface area contributed by atoms with E-state index in [0.29, 0.717) is 12.8 Å². The molecule has 0 aromatic rings. The van der Waals surface area contributed by atoms with E-state index < -0.39 is 92.7 Å². The van der Waals surface area contributed by atoms with Crippen molar-refractivity contribution in [3.05, 3.63) is 24.3 Å².